The van der Waals surface area contributed by atoms with Gasteiger partial charge in [0.05, 0.1) is 0 Å². The van der Waals surface area contributed by atoms with Crippen LogP contribution in [0, 0.1) is 12.7 Å². The first-order chi connectivity index (χ1) is 5.15. The summed E-state index contributed by atoms with van der Waals surface area (Å²) in [7, 11) is 0. The van der Waals surface area contributed by atoms with Crippen LogP contribution in [0.15, 0.2) is 17.0 Å². The Morgan fingerprint density at radius 2 is 2.09 bits per heavy atom. The highest BCUT2D eigenvalue weighted by Gasteiger charge is 2.01. The smallest absolute Gasteiger partial charge is 0.127 e. The third kappa shape index (κ3) is 1.74. The highest BCUT2D eigenvalue weighted by atomic mass is 32.1. The molecule has 0 heterocycles. The standard InChI is InChI=1S/C9H11FS/c1-3-7-4-6(2)8(10)5-9(7)11/h4-5,11H,3H2,1-2H3. The molecule has 0 atom stereocenters. The lowest BCUT2D eigenvalue weighted by atomic mass is 10.1. The van der Waals surface area contributed by atoms with Gasteiger partial charge in [-0.3, -0.25) is 0 Å². The van der Waals surface area contributed by atoms with E-state index in [2.05, 4.69) is 12.6 Å². The zero-order valence-electron chi connectivity index (χ0n) is 6.69. The van der Waals surface area contributed by atoms with Crippen LogP contribution in [0.4, 0.5) is 4.39 Å². The molecule has 0 saturated heterocycles. The van der Waals surface area contributed by atoms with Gasteiger partial charge in [-0.2, -0.15) is 0 Å². The molecule has 2 heteroatoms. The van der Waals surface area contributed by atoms with E-state index in [4.69, 9.17) is 0 Å². The maximum absolute atomic E-state index is 12.8. The number of hydrogen-bond donors (Lipinski definition) is 1. The molecule has 0 aliphatic rings. The third-order valence-corrected chi connectivity index (χ3v) is 2.16. The lowest BCUT2D eigenvalue weighted by Crippen LogP contribution is -1.88. The summed E-state index contributed by atoms with van der Waals surface area (Å²) in [6.07, 6.45) is 0.903. The van der Waals surface area contributed by atoms with Gasteiger partial charge in [0.25, 0.3) is 0 Å². The Morgan fingerprint density at radius 3 is 2.64 bits per heavy atom. The van der Waals surface area contributed by atoms with Crippen LogP contribution in [-0.4, -0.2) is 0 Å². The van der Waals surface area contributed by atoms with Crippen molar-refractivity contribution in [2.45, 2.75) is 25.2 Å². The van der Waals surface area contributed by atoms with Crippen LogP contribution in [0.25, 0.3) is 0 Å². The average molecular weight is 170 g/mol. The van der Waals surface area contributed by atoms with Crippen molar-refractivity contribution in [1.29, 1.82) is 0 Å². The van der Waals surface area contributed by atoms with Crippen LogP contribution in [-0.2, 0) is 6.42 Å². The lowest BCUT2D eigenvalue weighted by molar-refractivity contribution is 0.613. The molecular formula is C9H11FS. The Hall–Kier alpha value is -0.500. The minimum Gasteiger partial charge on any atom is -0.207 e. The monoisotopic (exact) mass is 170 g/mol. The first-order valence-electron chi connectivity index (χ1n) is 3.63. The molecule has 11 heavy (non-hydrogen) atoms. The molecule has 0 fully saturated rings. The van der Waals surface area contributed by atoms with Gasteiger partial charge in [-0.25, -0.2) is 4.39 Å². The molecule has 0 bridgehead atoms. The first kappa shape index (κ1) is 8.60. The largest absolute Gasteiger partial charge is 0.207 e. The molecule has 1 aromatic rings. The molecule has 0 nitrogen and oxygen atoms in total. The summed E-state index contributed by atoms with van der Waals surface area (Å²) in [6.45, 7) is 3.80. The van der Waals surface area contributed by atoms with Gasteiger partial charge < -0.3 is 0 Å². The van der Waals surface area contributed by atoms with E-state index < -0.39 is 0 Å². The van der Waals surface area contributed by atoms with Gasteiger partial charge in [0, 0.05) is 4.90 Å². The Balaban J connectivity index is 3.21. The van der Waals surface area contributed by atoms with Crippen LogP contribution in [0.1, 0.15) is 18.1 Å². The van der Waals surface area contributed by atoms with Gasteiger partial charge in [-0.15, -0.1) is 12.6 Å². The van der Waals surface area contributed by atoms with Crippen molar-refractivity contribution < 1.29 is 4.39 Å². The molecule has 0 unspecified atom stereocenters. The second-order valence-corrected chi connectivity index (χ2v) is 3.07. The lowest BCUT2D eigenvalue weighted by Gasteiger charge is -2.03. The number of aryl methyl sites for hydroxylation is 2. The molecular weight excluding hydrogens is 159 g/mol. The number of hydrogen-bond acceptors (Lipinski definition) is 1. The third-order valence-electron chi connectivity index (χ3n) is 1.74. The Labute approximate surface area is 71.8 Å². The van der Waals surface area contributed by atoms with Gasteiger partial charge in [-0.1, -0.05) is 13.0 Å². The van der Waals surface area contributed by atoms with Crippen molar-refractivity contribution >= 4 is 12.6 Å². The Morgan fingerprint density at radius 1 is 1.45 bits per heavy atom. The SMILES string of the molecule is CCc1cc(C)c(F)cc1S. The molecule has 0 aliphatic heterocycles. The predicted molar refractivity (Wildman–Crippen MR) is 47.8 cm³/mol. The summed E-state index contributed by atoms with van der Waals surface area (Å²) in [5.41, 5.74) is 1.80. The molecule has 1 aromatic carbocycles. The zero-order chi connectivity index (χ0) is 8.43. The van der Waals surface area contributed by atoms with Crippen LogP contribution < -0.4 is 0 Å². The highest BCUT2D eigenvalue weighted by molar-refractivity contribution is 7.80. The number of benzene rings is 1. The van der Waals surface area contributed by atoms with E-state index in [1.54, 1.807) is 6.92 Å². The van der Waals surface area contributed by atoms with Gasteiger partial charge >= 0.3 is 0 Å². The maximum atomic E-state index is 12.8. The average Bonchev–Trinajstić information content (AvgIpc) is 1.97. The molecule has 0 amide bonds. The van der Waals surface area contributed by atoms with E-state index in [9.17, 15) is 4.39 Å². The van der Waals surface area contributed by atoms with Crippen LogP contribution in [0.2, 0.25) is 0 Å². The van der Waals surface area contributed by atoms with E-state index in [1.165, 1.54) is 6.07 Å². The fraction of sp³-hybridized carbons (Fsp3) is 0.333. The topological polar surface area (TPSA) is 0 Å². The molecule has 0 N–H and O–H groups in total. The van der Waals surface area contributed by atoms with E-state index in [0.29, 0.717) is 5.56 Å². The van der Waals surface area contributed by atoms with Gasteiger partial charge in [0.15, 0.2) is 0 Å². The van der Waals surface area contributed by atoms with Crippen molar-refractivity contribution in [2.24, 2.45) is 0 Å². The number of thiol groups is 1. The second-order valence-electron chi connectivity index (χ2n) is 2.58. The molecule has 0 aliphatic carbocycles. The summed E-state index contributed by atoms with van der Waals surface area (Å²) < 4.78 is 12.8. The molecule has 0 saturated carbocycles. The fourth-order valence-corrected chi connectivity index (χ4v) is 1.35. The predicted octanol–water partition coefficient (Wildman–Crippen LogP) is 2.99. The maximum Gasteiger partial charge on any atom is 0.127 e. The van der Waals surface area contributed by atoms with Crippen molar-refractivity contribution in [3.05, 3.63) is 29.1 Å². The van der Waals surface area contributed by atoms with E-state index in [1.807, 2.05) is 13.0 Å². The van der Waals surface area contributed by atoms with Crippen molar-refractivity contribution in [2.75, 3.05) is 0 Å². The molecule has 0 aromatic heterocycles. The van der Waals surface area contributed by atoms with E-state index >= 15 is 0 Å². The highest BCUT2D eigenvalue weighted by Crippen LogP contribution is 2.18. The minimum absolute atomic E-state index is 0.174. The van der Waals surface area contributed by atoms with Crippen LogP contribution >= 0.6 is 12.6 Å². The Bertz CT molecular complexity index is 269. The van der Waals surface area contributed by atoms with Crippen molar-refractivity contribution in [3.8, 4) is 0 Å². The second kappa shape index (κ2) is 3.26. The van der Waals surface area contributed by atoms with Crippen molar-refractivity contribution in [3.63, 3.8) is 0 Å². The van der Waals surface area contributed by atoms with Crippen molar-refractivity contribution in [1.82, 2.24) is 0 Å². The zero-order valence-corrected chi connectivity index (χ0v) is 7.58. The molecule has 0 spiro atoms. The first-order valence-corrected chi connectivity index (χ1v) is 4.08. The van der Waals surface area contributed by atoms with Crippen LogP contribution in [0.5, 0.6) is 0 Å². The quantitative estimate of drug-likeness (QED) is 0.615. The van der Waals surface area contributed by atoms with Gasteiger partial charge in [0.2, 0.25) is 0 Å². The fourth-order valence-electron chi connectivity index (χ4n) is 1.01. The molecule has 60 valence electrons. The summed E-state index contributed by atoms with van der Waals surface area (Å²) in [5, 5.41) is 0. The number of halogens is 1. The number of rotatable bonds is 1. The van der Waals surface area contributed by atoms with Gasteiger partial charge in [-0.05, 0) is 30.5 Å². The summed E-state index contributed by atoms with van der Waals surface area (Å²) in [5.74, 6) is -0.174. The summed E-state index contributed by atoms with van der Waals surface area (Å²) >= 11 is 4.15. The van der Waals surface area contributed by atoms with Gasteiger partial charge in [0.1, 0.15) is 5.82 Å². The minimum atomic E-state index is -0.174. The summed E-state index contributed by atoms with van der Waals surface area (Å²) in [4.78, 5) is 0.746. The van der Waals surface area contributed by atoms with E-state index in [0.717, 1.165) is 16.9 Å². The molecule has 1 rings (SSSR count). The summed E-state index contributed by atoms with van der Waals surface area (Å²) in [6, 6.07) is 3.31. The van der Waals surface area contributed by atoms with E-state index in [-0.39, 0.29) is 5.82 Å². The Kier molecular flexibility index (Phi) is 2.55. The van der Waals surface area contributed by atoms with Crippen LogP contribution in [0.3, 0.4) is 0 Å². The normalized spacial score (nSPS) is 10.2. The molecule has 0 radical (unpaired) electrons.